The molecule has 0 aliphatic carbocycles. The number of halogens is 1. The van der Waals surface area contributed by atoms with Gasteiger partial charge in [-0.05, 0) is 24.3 Å². The highest BCUT2D eigenvalue weighted by molar-refractivity contribution is 7.99. The van der Waals surface area contributed by atoms with Gasteiger partial charge in [-0.15, -0.1) is 20.4 Å². The van der Waals surface area contributed by atoms with Crippen LogP contribution in [0.5, 0.6) is 0 Å². The van der Waals surface area contributed by atoms with Crippen LogP contribution in [0, 0.1) is 5.82 Å². The summed E-state index contributed by atoms with van der Waals surface area (Å²) < 4.78 is 14.6. The molecule has 0 saturated carbocycles. The molecule has 1 amide bonds. The molecule has 0 aliphatic heterocycles. The van der Waals surface area contributed by atoms with Crippen molar-refractivity contribution in [2.75, 3.05) is 11.1 Å². The van der Waals surface area contributed by atoms with Crippen molar-refractivity contribution < 1.29 is 9.18 Å². The topological polar surface area (TPSA) is 85.6 Å². The van der Waals surface area contributed by atoms with Gasteiger partial charge in [0, 0.05) is 12.6 Å². The molecule has 0 bridgehead atoms. The lowest BCUT2D eigenvalue weighted by Gasteiger charge is -2.00. The van der Waals surface area contributed by atoms with Crippen molar-refractivity contribution in [3.63, 3.8) is 0 Å². The number of aromatic nitrogens is 5. The summed E-state index contributed by atoms with van der Waals surface area (Å²) in [6.45, 7) is 0. The fourth-order valence-corrected chi connectivity index (χ4v) is 3.12. The van der Waals surface area contributed by atoms with Gasteiger partial charge in [-0.25, -0.2) is 4.39 Å². The Labute approximate surface area is 139 Å². The van der Waals surface area contributed by atoms with Crippen molar-refractivity contribution in [3.05, 3.63) is 36.4 Å². The molecule has 0 spiro atoms. The Morgan fingerprint density at radius 3 is 2.78 bits per heavy atom. The van der Waals surface area contributed by atoms with Crippen LogP contribution in [-0.2, 0) is 11.8 Å². The number of carbonyl (C=O) groups excluding carboxylic acids is 1. The van der Waals surface area contributed by atoms with Crippen LogP contribution in [0.1, 0.15) is 0 Å². The Kier molecular flexibility index (Phi) is 4.63. The highest BCUT2D eigenvalue weighted by Gasteiger charge is 2.11. The number of carbonyl (C=O) groups is 1. The van der Waals surface area contributed by atoms with Gasteiger partial charge in [-0.2, -0.15) is 0 Å². The van der Waals surface area contributed by atoms with Crippen LogP contribution >= 0.6 is 23.1 Å². The van der Waals surface area contributed by atoms with E-state index in [0.29, 0.717) is 15.3 Å². The Morgan fingerprint density at radius 1 is 1.30 bits per heavy atom. The van der Waals surface area contributed by atoms with E-state index in [2.05, 4.69) is 25.7 Å². The maximum Gasteiger partial charge on any atom is 0.236 e. The molecule has 3 rings (SSSR count). The first-order valence-electron chi connectivity index (χ1n) is 6.48. The average Bonchev–Trinajstić information content (AvgIpc) is 3.15. The normalized spacial score (nSPS) is 10.7. The second-order valence-electron chi connectivity index (χ2n) is 4.48. The van der Waals surface area contributed by atoms with Gasteiger partial charge in [0.05, 0.1) is 5.75 Å². The number of amides is 1. The summed E-state index contributed by atoms with van der Waals surface area (Å²) >= 11 is 2.51. The summed E-state index contributed by atoms with van der Waals surface area (Å²) in [7, 11) is 1.81. The third-order valence-corrected chi connectivity index (χ3v) is 4.69. The molecule has 0 saturated heterocycles. The van der Waals surface area contributed by atoms with Gasteiger partial charge in [0.2, 0.25) is 11.0 Å². The van der Waals surface area contributed by atoms with E-state index in [1.54, 1.807) is 30.1 Å². The van der Waals surface area contributed by atoms with E-state index in [1.165, 1.54) is 35.2 Å². The zero-order chi connectivity index (χ0) is 16.2. The van der Waals surface area contributed by atoms with Crippen LogP contribution in [0.15, 0.2) is 35.7 Å². The first-order valence-corrected chi connectivity index (χ1v) is 8.28. The highest BCUT2D eigenvalue weighted by atomic mass is 32.2. The Morgan fingerprint density at radius 2 is 2.09 bits per heavy atom. The van der Waals surface area contributed by atoms with Gasteiger partial charge in [-0.3, -0.25) is 10.1 Å². The number of hydrogen-bond donors (Lipinski definition) is 1. The number of benzene rings is 1. The molecule has 7 nitrogen and oxygen atoms in total. The lowest BCUT2D eigenvalue weighted by Crippen LogP contribution is -2.14. The maximum absolute atomic E-state index is 12.9. The van der Waals surface area contributed by atoms with E-state index >= 15 is 0 Å². The third-order valence-electron chi connectivity index (χ3n) is 2.76. The van der Waals surface area contributed by atoms with Crippen LogP contribution in [0.25, 0.3) is 10.6 Å². The first-order chi connectivity index (χ1) is 11.1. The van der Waals surface area contributed by atoms with E-state index < -0.39 is 0 Å². The van der Waals surface area contributed by atoms with Gasteiger partial charge >= 0.3 is 0 Å². The average molecular weight is 350 g/mol. The maximum atomic E-state index is 12.9. The smallest absolute Gasteiger partial charge is 0.236 e. The summed E-state index contributed by atoms with van der Waals surface area (Å²) in [4.78, 5) is 11.9. The van der Waals surface area contributed by atoms with Crippen LogP contribution in [0.3, 0.4) is 0 Å². The standard InChI is InChI=1S/C13H11FN6OS2/c1-20-7-15-19-13(20)22-6-10(21)16-12-18-17-11(23-12)8-2-4-9(14)5-3-8/h2-5,7H,6H2,1H3,(H,16,18,21). The van der Waals surface area contributed by atoms with Crippen molar-refractivity contribution in [2.24, 2.45) is 7.05 Å². The number of rotatable bonds is 5. The van der Waals surface area contributed by atoms with E-state index in [9.17, 15) is 9.18 Å². The zero-order valence-corrected chi connectivity index (χ0v) is 13.6. The van der Waals surface area contributed by atoms with E-state index in [0.717, 1.165) is 5.56 Å². The summed E-state index contributed by atoms with van der Waals surface area (Å²) in [5, 5.41) is 19.9. The molecule has 23 heavy (non-hydrogen) atoms. The van der Waals surface area contributed by atoms with Crippen molar-refractivity contribution in [3.8, 4) is 10.6 Å². The van der Waals surface area contributed by atoms with Crippen molar-refractivity contribution in [2.45, 2.75) is 5.16 Å². The number of aryl methyl sites for hydroxylation is 1. The monoisotopic (exact) mass is 350 g/mol. The molecule has 118 valence electrons. The number of nitrogens with one attached hydrogen (secondary N) is 1. The van der Waals surface area contributed by atoms with Crippen LogP contribution in [-0.4, -0.2) is 36.6 Å². The largest absolute Gasteiger partial charge is 0.312 e. The molecule has 0 aliphatic rings. The van der Waals surface area contributed by atoms with Gasteiger partial charge in [0.1, 0.15) is 17.2 Å². The van der Waals surface area contributed by atoms with Crippen LogP contribution in [0.4, 0.5) is 9.52 Å². The fraction of sp³-hybridized carbons (Fsp3) is 0.154. The number of nitrogens with zero attached hydrogens (tertiary/aromatic N) is 5. The summed E-state index contributed by atoms with van der Waals surface area (Å²) in [6.07, 6.45) is 1.57. The minimum atomic E-state index is -0.312. The van der Waals surface area contributed by atoms with Crippen LogP contribution in [0.2, 0.25) is 0 Å². The molecular formula is C13H11FN6OS2. The Bertz CT molecular complexity index is 816. The first kappa shape index (κ1) is 15.6. The summed E-state index contributed by atoms with van der Waals surface area (Å²) in [5.74, 6) is -0.328. The summed E-state index contributed by atoms with van der Waals surface area (Å²) in [6, 6.07) is 5.94. The predicted molar refractivity (Wildman–Crippen MR) is 85.7 cm³/mol. The van der Waals surface area contributed by atoms with Gasteiger partial charge in [-0.1, -0.05) is 23.1 Å². The molecule has 0 unspecified atom stereocenters. The van der Waals surface area contributed by atoms with E-state index in [-0.39, 0.29) is 17.5 Å². The zero-order valence-electron chi connectivity index (χ0n) is 11.9. The van der Waals surface area contributed by atoms with Crippen molar-refractivity contribution in [1.82, 2.24) is 25.0 Å². The van der Waals surface area contributed by atoms with Crippen LogP contribution < -0.4 is 5.32 Å². The molecule has 0 radical (unpaired) electrons. The number of anilines is 1. The minimum Gasteiger partial charge on any atom is -0.312 e. The number of thioether (sulfide) groups is 1. The Hall–Kier alpha value is -2.33. The molecule has 0 atom stereocenters. The highest BCUT2D eigenvalue weighted by Crippen LogP contribution is 2.26. The Balaban J connectivity index is 1.59. The molecule has 10 heteroatoms. The van der Waals surface area contributed by atoms with E-state index in [4.69, 9.17) is 0 Å². The molecule has 1 N–H and O–H groups in total. The van der Waals surface area contributed by atoms with E-state index in [1.807, 2.05) is 0 Å². The minimum absolute atomic E-state index is 0.192. The quantitative estimate of drug-likeness (QED) is 0.710. The lowest BCUT2D eigenvalue weighted by molar-refractivity contribution is -0.113. The molecule has 2 aromatic heterocycles. The van der Waals surface area contributed by atoms with Gasteiger partial charge in [0.25, 0.3) is 0 Å². The SMILES string of the molecule is Cn1cnnc1SCC(=O)Nc1nnc(-c2ccc(F)cc2)s1. The molecule has 0 fully saturated rings. The molecule has 3 aromatic rings. The lowest BCUT2D eigenvalue weighted by atomic mass is 10.2. The predicted octanol–water partition coefficient (Wildman–Crippen LogP) is 2.20. The molecule has 2 heterocycles. The van der Waals surface area contributed by atoms with Crippen molar-refractivity contribution >= 4 is 34.1 Å². The molecule has 1 aromatic carbocycles. The second-order valence-corrected chi connectivity index (χ2v) is 6.40. The number of hydrogen-bond acceptors (Lipinski definition) is 7. The molecular weight excluding hydrogens is 339 g/mol. The summed E-state index contributed by atoms with van der Waals surface area (Å²) in [5.41, 5.74) is 0.748. The fourth-order valence-electron chi connectivity index (χ4n) is 1.67. The van der Waals surface area contributed by atoms with Gasteiger partial charge in [0.15, 0.2) is 5.16 Å². The third kappa shape index (κ3) is 3.90. The van der Waals surface area contributed by atoms with Crippen molar-refractivity contribution in [1.29, 1.82) is 0 Å². The second kappa shape index (κ2) is 6.84. The van der Waals surface area contributed by atoms with Gasteiger partial charge < -0.3 is 4.57 Å².